The van der Waals surface area contributed by atoms with Gasteiger partial charge in [0.05, 0.1) is 52.9 Å². The lowest BCUT2D eigenvalue weighted by Crippen LogP contribution is -2.11. The summed E-state index contributed by atoms with van der Waals surface area (Å²) >= 11 is 0. The fraction of sp³-hybridized carbons (Fsp3) is 1.00. The smallest absolute Gasteiger partial charge is 0.210 e. The maximum Gasteiger partial charge on any atom is 0.210 e. The van der Waals surface area contributed by atoms with Gasteiger partial charge >= 0.3 is 0 Å². The van der Waals surface area contributed by atoms with E-state index in [2.05, 4.69) is 5.11 Å². The van der Waals surface area contributed by atoms with Crippen LogP contribution in [0.2, 0.25) is 0 Å². The van der Waals surface area contributed by atoms with Crippen molar-refractivity contribution in [2.45, 2.75) is 0 Å². The van der Waals surface area contributed by atoms with Gasteiger partial charge in [0.1, 0.15) is 0 Å². The quantitative estimate of drug-likeness (QED) is 0.416. The summed E-state index contributed by atoms with van der Waals surface area (Å²) < 4.78 is 21.5. The summed E-state index contributed by atoms with van der Waals surface area (Å²) in [5, 5.41) is 12.4. The molecule has 0 saturated heterocycles. The van der Waals surface area contributed by atoms with Crippen LogP contribution in [0.15, 0.2) is 0 Å². The van der Waals surface area contributed by atoms with Crippen molar-refractivity contribution in [3.8, 4) is 0 Å². The molecule has 80 valence electrons. The molecule has 0 atom stereocenters. The van der Waals surface area contributed by atoms with Crippen LogP contribution in [-0.2, 0) is 14.2 Å². The molecule has 0 radical (unpaired) electrons. The van der Waals surface area contributed by atoms with Crippen molar-refractivity contribution in [2.24, 2.45) is 0 Å². The Kier molecular flexibility index (Phi) is 9.87. The zero-order valence-electron chi connectivity index (χ0n) is 8.74. The molecule has 0 spiro atoms. The van der Waals surface area contributed by atoms with Crippen molar-refractivity contribution in [2.75, 3.05) is 52.9 Å². The van der Waals surface area contributed by atoms with E-state index in [1.54, 1.807) is 0 Å². The normalized spacial score (nSPS) is 11.6. The number of aliphatic hydroxyl groups is 2. The van der Waals surface area contributed by atoms with E-state index >= 15 is 0 Å². The van der Waals surface area contributed by atoms with E-state index in [1.165, 1.54) is 0 Å². The van der Waals surface area contributed by atoms with E-state index in [-0.39, 0.29) is 13.2 Å². The number of rotatable bonds is 11. The maximum absolute atomic E-state index is 8.38. The lowest BCUT2D eigenvalue weighted by Gasteiger charge is -2.04. The zero-order valence-corrected chi connectivity index (χ0v) is 7.74. The highest BCUT2D eigenvalue weighted by molar-refractivity contribution is 4.33. The Labute approximate surface area is 79.7 Å². The molecule has 2 N–H and O–H groups in total. The molecule has 0 rings (SSSR count). The SMILES string of the molecule is [3H]OCCOCCOCCOCCO. The molecule has 0 fully saturated rings. The summed E-state index contributed by atoms with van der Waals surface area (Å²) in [6.45, 7) is 3.04. The van der Waals surface area contributed by atoms with Crippen molar-refractivity contribution in [1.82, 2.24) is 0 Å². The Morgan fingerprint density at radius 2 is 1.23 bits per heavy atom. The highest BCUT2D eigenvalue weighted by Gasteiger charge is 1.89. The summed E-state index contributed by atoms with van der Waals surface area (Å²) in [5.74, 6) is 0. The molecule has 0 aliphatic rings. The van der Waals surface area contributed by atoms with Crippen LogP contribution in [0, 0.1) is 0 Å². The molecular weight excluding hydrogens is 176 g/mol. The number of hydrogen-bond donors (Lipinski definition) is 2. The van der Waals surface area contributed by atoms with Crippen molar-refractivity contribution in [3.05, 3.63) is 0 Å². The highest BCUT2D eigenvalue weighted by Crippen LogP contribution is 1.80. The Balaban J connectivity index is 2.78. The molecule has 0 aliphatic heterocycles. The van der Waals surface area contributed by atoms with Crippen LogP contribution in [-0.4, -0.2) is 64.5 Å². The second kappa shape index (κ2) is 11.8. The Morgan fingerprint density at radius 1 is 0.769 bits per heavy atom. The lowest BCUT2D eigenvalue weighted by molar-refractivity contribution is 0.00230. The van der Waals surface area contributed by atoms with Gasteiger partial charge in [0, 0.05) is 0 Å². The van der Waals surface area contributed by atoms with Gasteiger partial charge in [-0.3, -0.25) is 0 Å². The third-order valence-electron chi connectivity index (χ3n) is 1.21. The van der Waals surface area contributed by atoms with Crippen LogP contribution < -0.4 is 0 Å². The van der Waals surface area contributed by atoms with E-state index in [4.69, 9.17) is 20.7 Å². The largest absolute Gasteiger partial charge is 0.394 e. The minimum atomic E-state index is 0.0379. The minimum absolute atomic E-state index is 0.0379. The number of hydrogen-bond acceptors (Lipinski definition) is 5. The molecule has 0 aliphatic carbocycles. The maximum atomic E-state index is 8.38. The van der Waals surface area contributed by atoms with Crippen molar-refractivity contribution >= 4 is 0 Å². The molecule has 5 heteroatoms. The van der Waals surface area contributed by atoms with Gasteiger partial charge in [0.15, 0.2) is 0 Å². The molecule has 5 nitrogen and oxygen atoms in total. The average Bonchev–Trinajstić information content (AvgIpc) is 2.21. The first-order valence-electron chi connectivity index (χ1n) is 4.75. The first-order valence-corrected chi connectivity index (χ1v) is 4.34. The second-order valence-electron chi connectivity index (χ2n) is 2.26. The molecule has 0 unspecified atom stereocenters. The molecule has 0 saturated carbocycles. The molecule has 0 heterocycles. The predicted octanol–water partition coefficient (Wildman–Crippen LogP) is -0.979. The van der Waals surface area contributed by atoms with Gasteiger partial charge in [-0.1, -0.05) is 0 Å². The minimum Gasteiger partial charge on any atom is -0.394 e. The molecule has 0 bridgehead atoms. The lowest BCUT2D eigenvalue weighted by atomic mass is 10.7. The topological polar surface area (TPSA) is 68.2 Å². The van der Waals surface area contributed by atoms with E-state index in [1.807, 2.05) is 0 Å². The van der Waals surface area contributed by atoms with Crippen LogP contribution in [0.25, 0.3) is 0 Å². The summed E-state index contributed by atoms with van der Waals surface area (Å²) in [4.78, 5) is 0. The van der Waals surface area contributed by atoms with Crippen LogP contribution in [0.1, 0.15) is 0 Å². The zero-order chi connectivity index (χ0) is 10.5. The summed E-state index contributed by atoms with van der Waals surface area (Å²) in [5.41, 5.74) is 0. The standard InChI is InChI=1S/C8H18O5/c9-1-3-11-5-7-13-8-6-12-4-2-10/h9-10H,1-8H2/i9T. The van der Waals surface area contributed by atoms with Gasteiger partial charge in [0.2, 0.25) is 1.43 Å². The molecule has 0 aromatic carbocycles. The number of ether oxygens (including phenoxy) is 3. The summed E-state index contributed by atoms with van der Waals surface area (Å²) in [6, 6.07) is 0. The van der Waals surface area contributed by atoms with E-state index in [0.29, 0.717) is 39.6 Å². The molecule has 0 aromatic heterocycles. The monoisotopic (exact) mass is 196 g/mol. The van der Waals surface area contributed by atoms with Crippen LogP contribution in [0.5, 0.6) is 0 Å². The van der Waals surface area contributed by atoms with Crippen LogP contribution in [0.4, 0.5) is 0 Å². The number of aliphatic hydroxyl groups excluding tert-OH is 2. The third-order valence-corrected chi connectivity index (χ3v) is 1.21. The predicted molar refractivity (Wildman–Crippen MR) is 46.6 cm³/mol. The Morgan fingerprint density at radius 3 is 1.69 bits per heavy atom. The van der Waals surface area contributed by atoms with E-state index in [0.717, 1.165) is 0 Å². The van der Waals surface area contributed by atoms with Crippen molar-refractivity contribution in [1.29, 1.82) is 1.43 Å². The van der Waals surface area contributed by atoms with Gasteiger partial charge in [-0.05, 0) is 0 Å². The first-order chi connectivity index (χ1) is 6.91. The van der Waals surface area contributed by atoms with Crippen LogP contribution in [0.3, 0.4) is 0 Å². The van der Waals surface area contributed by atoms with Gasteiger partial charge in [0.25, 0.3) is 0 Å². The van der Waals surface area contributed by atoms with Crippen LogP contribution >= 0.6 is 0 Å². The first kappa shape index (κ1) is 10.9. The highest BCUT2D eigenvalue weighted by atomic mass is 16.5. The van der Waals surface area contributed by atoms with E-state index in [9.17, 15) is 0 Å². The third kappa shape index (κ3) is 11.8. The van der Waals surface area contributed by atoms with E-state index < -0.39 is 0 Å². The van der Waals surface area contributed by atoms with Crippen molar-refractivity contribution < 1.29 is 24.4 Å². The second-order valence-corrected chi connectivity index (χ2v) is 2.26. The molecular formula is C8H18O5. The summed E-state index contributed by atoms with van der Waals surface area (Å²) in [7, 11) is 0. The molecule has 13 heavy (non-hydrogen) atoms. The van der Waals surface area contributed by atoms with Gasteiger partial charge < -0.3 is 24.4 Å². The summed E-state index contributed by atoms with van der Waals surface area (Å²) in [6.07, 6.45) is 0. The fourth-order valence-corrected chi connectivity index (χ4v) is 0.665. The average molecular weight is 196 g/mol. The van der Waals surface area contributed by atoms with Crippen molar-refractivity contribution in [3.63, 3.8) is 0 Å². The molecule has 0 aromatic rings. The Hall–Kier alpha value is -0.200. The van der Waals surface area contributed by atoms with Gasteiger partial charge in [-0.2, -0.15) is 0 Å². The fourth-order valence-electron chi connectivity index (χ4n) is 0.665. The Bertz CT molecular complexity index is 91.7. The molecule has 0 amide bonds. The van der Waals surface area contributed by atoms with Gasteiger partial charge in [-0.15, -0.1) is 0 Å². The van der Waals surface area contributed by atoms with Gasteiger partial charge in [-0.25, -0.2) is 0 Å².